The van der Waals surface area contributed by atoms with Crippen molar-refractivity contribution in [3.8, 4) is 0 Å². The van der Waals surface area contributed by atoms with E-state index in [0.29, 0.717) is 0 Å². The van der Waals surface area contributed by atoms with Crippen LogP contribution in [0.1, 0.15) is 5.56 Å². The highest BCUT2D eigenvalue weighted by molar-refractivity contribution is 8.00. The molecule has 2 aromatic carbocycles. The number of amidine groups is 1. The number of benzene rings is 2. The van der Waals surface area contributed by atoms with Gasteiger partial charge in [0.05, 0.1) is 5.69 Å². The maximum absolute atomic E-state index is 5.10. The van der Waals surface area contributed by atoms with E-state index < -0.39 is 0 Å². The van der Waals surface area contributed by atoms with E-state index in [1.807, 2.05) is 11.8 Å². The molecule has 4 rings (SSSR count). The number of hydrogen-bond donors (Lipinski definition) is 0. The second-order valence-corrected chi connectivity index (χ2v) is 8.12. The van der Waals surface area contributed by atoms with Crippen LogP contribution in [0, 0.1) is 0 Å². The summed E-state index contributed by atoms with van der Waals surface area (Å²) < 4.78 is 0. The van der Waals surface area contributed by atoms with Gasteiger partial charge in [0, 0.05) is 46.4 Å². The van der Waals surface area contributed by atoms with E-state index in [2.05, 4.69) is 65.6 Å². The zero-order chi connectivity index (χ0) is 16.5. The smallest absolute Gasteiger partial charge is 0.137 e. The fraction of sp³-hybridized carbons (Fsp3) is 0.316. The van der Waals surface area contributed by atoms with Crippen LogP contribution in [0.4, 0.5) is 5.69 Å². The van der Waals surface area contributed by atoms with Crippen molar-refractivity contribution in [2.45, 2.75) is 14.7 Å². The zero-order valence-corrected chi connectivity index (χ0v) is 15.7. The summed E-state index contributed by atoms with van der Waals surface area (Å²) in [6.45, 7) is 4.25. The Labute approximate surface area is 152 Å². The molecule has 0 amide bonds. The maximum atomic E-state index is 5.10. The molecule has 2 heterocycles. The fourth-order valence-electron chi connectivity index (χ4n) is 3.09. The maximum Gasteiger partial charge on any atom is 0.137 e. The molecular formula is C19H21N3S2. The van der Waals surface area contributed by atoms with Gasteiger partial charge in [0.1, 0.15) is 5.84 Å². The monoisotopic (exact) mass is 355 g/mol. The molecular weight excluding hydrogens is 334 g/mol. The number of fused-ring (bicyclic) bond motifs is 2. The van der Waals surface area contributed by atoms with Crippen molar-refractivity contribution in [3.05, 3.63) is 48.0 Å². The van der Waals surface area contributed by atoms with Crippen LogP contribution in [0.3, 0.4) is 0 Å². The average molecular weight is 356 g/mol. The standard InChI is InChI=1S/C19H21N3S2/c1-21-9-11-22(12-10-21)19-15-5-3-4-6-17(15)24-18-13-14(23-2)7-8-16(18)20-19/h3-8,13H,9-12H2,1-2H3. The molecule has 0 bridgehead atoms. The first kappa shape index (κ1) is 16.1. The van der Waals surface area contributed by atoms with Gasteiger partial charge in [-0.25, -0.2) is 4.99 Å². The van der Waals surface area contributed by atoms with Crippen molar-refractivity contribution < 1.29 is 0 Å². The zero-order valence-electron chi connectivity index (χ0n) is 14.0. The highest BCUT2D eigenvalue weighted by atomic mass is 32.2. The van der Waals surface area contributed by atoms with E-state index in [1.54, 1.807) is 11.8 Å². The minimum absolute atomic E-state index is 1.03. The summed E-state index contributed by atoms with van der Waals surface area (Å²) in [7, 11) is 2.19. The molecule has 0 saturated carbocycles. The van der Waals surface area contributed by atoms with Gasteiger partial charge in [0.2, 0.25) is 0 Å². The fourth-order valence-corrected chi connectivity index (χ4v) is 4.66. The normalized spacial score (nSPS) is 17.8. The Morgan fingerprint density at radius 2 is 1.79 bits per heavy atom. The van der Waals surface area contributed by atoms with Gasteiger partial charge in [-0.3, -0.25) is 0 Å². The second-order valence-electron chi connectivity index (χ2n) is 6.16. The molecule has 0 aliphatic carbocycles. The largest absolute Gasteiger partial charge is 0.354 e. The molecule has 0 aromatic heterocycles. The molecule has 0 N–H and O–H groups in total. The van der Waals surface area contributed by atoms with E-state index in [1.165, 1.54) is 20.2 Å². The average Bonchev–Trinajstić information content (AvgIpc) is 2.78. The number of nitrogens with zero attached hydrogens (tertiary/aromatic N) is 3. The van der Waals surface area contributed by atoms with Crippen molar-refractivity contribution in [2.75, 3.05) is 39.5 Å². The van der Waals surface area contributed by atoms with Gasteiger partial charge in [0.15, 0.2) is 0 Å². The molecule has 2 aliphatic rings. The lowest BCUT2D eigenvalue weighted by molar-refractivity contribution is 0.215. The quantitative estimate of drug-likeness (QED) is 0.714. The predicted molar refractivity (Wildman–Crippen MR) is 104 cm³/mol. The van der Waals surface area contributed by atoms with Crippen molar-refractivity contribution in [1.82, 2.24) is 9.80 Å². The Hall–Kier alpha value is -1.43. The van der Waals surface area contributed by atoms with Crippen LogP contribution in [0.25, 0.3) is 0 Å². The molecule has 3 nitrogen and oxygen atoms in total. The first-order chi connectivity index (χ1) is 11.7. The summed E-state index contributed by atoms with van der Waals surface area (Å²) in [5.74, 6) is 1.13. The summed E-state index contributed by atoms with van der Waals surface area (Å²) >= 11 is 3.62. The van der Waals surface area contributed by atoms with Crippen LogP contribution < -0.4 is 0 Å². The Bertz CT molecular complexity index is 780. The van der Waals surface area contributed by atoms with Crippen LogP contribution in [0.15, 0.2) is 62.1 Å². The molecule has 2 aliphatic heterocycles. The van der Waals surface area contributed by atoms with E-state index in [9.17, 15) is 0 Å². The number of aliphatic imine (C=N–C) groups is 1. The third-order valence-electron chi connectivity index (χ3n) is 4.54. The lowest BCUT2D eigenvalue weighted by Gasteiger charge is -2.34. The molecule has 1 fully saturated rings. The summed E-state index contributed by atoms with van der Waals surface area (Å²) in [4.78, 5) is 13.8. The van der Waals surface area contributed by atoms with Crippen molar-refractivity contribution in [1.29, 1.82) is 0 Å². The topological polar surface area (TPSA) is 18.8 Å². The van der Waals surface area contributed by atoms with Crippen LogP contribution in [0.2, 0.25) is 0 Å². The molecule has 0 radical (unpaired) electrons. The van der Waals surface area contributed by atoms with E-state index >= 15 is 0 Å². The summed E-state index contributed by atoms with van der Waals surface area (Å²) in [5, 5.41) is 0. The Kier molecular flexibility index (Phi) is 4.57. The van der Waals surface area contributed by atoms with Gasteiger partial charge in [-0.2, -0.15) is 0 Å². The van der Waals surface area contributed by atoms with Crippen molar-refractivity contribution in [2.24, 2.45) is 4.99 Å². The number of likely N-dealkylation sites (N-methyl/N-ethyl adjacent to an activating group) is 1. The number of hydrogen-bond acceptors (Lipinski definition) is 5. The highest BCUT2D eigenvalue weighted by Crippen LogP contribution is 2.42. The van der Waals surface area contributed by atoms with Crippen molar-refractivity contribution >= 4 is 35.0 Å². The number of thioether (sulfide) groups is 1. The first-order valence-electron chi connectivity index (χ1n) is 8.22. The van der Waals surface area contributed by atoms with Crippen LogP contribution in [-0.4, -0.2) is 55.1 Å². The minimum atomic E-state index is 1.03. The summed E-state index contributed by atoms with van der Waals surface area (Å²) in [5.41, 5.74) is 2.34. The molecule has 124 valence electrons. The van der Waals surface area contributed by atoms with Crippen LogP contribution in [-0.2, 0) is 0 Å². The van der Waals surface area contributed by atoms with E-state index in [0.717, 1.165) is 37.7 Å². The minimum Gasteiger partial charge on any atom is -0.354 e. The molecule has 0 unspecified atom stereocenters. The van der Waals surface area contributed by atoms with Gasteiger partial charge >= 0.3 is 0 Å². The van der Waals surface area contributed by atoms with Gasteiger partial charge < -0.3 is 9.80 Å². The molecule has 5 heteroatoms. The lowest BCUT2D eigenvalue weighted by atomic mass is 10.1. The Balaban J connectivity index is 1.81. The SMILES string of the molecule is CSc1ccc2c(c1)Sc1ccccc1C(N1CCN(C)CC1)=N2. The molecule has 2 aromatic rings. The molecule has 24 heavy (non-hydrogen) atoms. The van der Waals surface area contributed by atoms with Crippen molar-refractivity contribution in [3.63, 3.8) is 0 Å². The summed E-state index contributed by atoms with van der Waals surface area (Å²) in [6.07, 6.45) is 2.12. The molecule has 0 atom stereocenters. The van der Waals surface area contributed by atoms with E-state index in [4.69, 9.17) is 4.99 Å². The van der Waals surface area contributed by atoms with Crippen LogP contribution in [0.5, 0.6) is 0 Å². The van der Waals surface area contributed by atoms with Gasteiger partial charge in [-0.1, -0.05) is 30.0 Å². The highest BCUT2D eigenvalue weighted by Gasteiger charge is 2.24. The molecule has 0 spiro atoms. The third-order valence-corrected chi connectivity index (χ3v) is 6.39. The number of rotatable bonds is 1. The van der Waals surface area contributed by atoms with E-state index in [-0.39, 0.29) is 0 Å². The first-order valence-corrected chi connectivity index (χ1v) is 10.3. The third kappa shape index (κ3) is 3.08. The van der Waals surface area contributed by atoms with Gasteiger partial charge in [-0.15, -0.1) is 11.8 Å². The Morgan fingerprint density at radius 1 is 1.00 bits per heavy atom. The lowest BCUT2D eigenvalue weighted by Crippen LogP contribution is -2.47. The predicted octanol–water partition coefficient (Wildman–Crippen LogP) is 4.20. The molecule has 1 saturated heterocycles. The Morgan fingerprint density at radius 3 is 2.58 bits per heavy atom. The summed E-state index contributed by atoms with van der Waals surface area (Å²) in [6, 6.07) is 15.3. The number of piperazine rings is 1. The van der Waals surface area contributed by atoms with Gasteiger partial charge in [0.25, 0.3) is 0 Å². The van der Waals surface area contributed by atoms with Crippen LogP contribution >= 0.6 is 23.5 Å². The van der Waals surface area contributed by atoms with Gasteiger partial charge in [-0.05, 0) is 37.6 Å². The second kappa shape index (κ2) is 6.82.